The maximum atomic E-state index is 7.02. The molecule has 58 heavy (non-hydrogen) atoms. The Kier molecular flexibility index (Phi) is 6.47. The Hall–Kier alpha value is -7.69. The number of hydrogen-bond acceptors (Lipinski definition) is 3. The average Bonchev–Trinajstić information content (AvgIpc) is 3.91. The van der Waals surface area contributed by atoms with Crippen LogP contribution >= 0.6 is 0 Å². The van der Waals surface area contributed by atoms with E-state index in [0.29, 0.717) is 0 Å². The normalized spacial score (nSPS) is 13.3. The third-order valence-electron chi connectivity index (χ3n) is 12.2. The number of aliphatic imine (C=N–C) groups is 1. The van der Waals surface area contributed by atoms with E-state index in [0.717, 1.165) is 101 Å². The van der Waals surface area contributed by atoms with E-state index in [1.165, 1.54) is 32.5 Å². The number of nitrogens with zero attached hydrogens (tertiary/aromatic N) is 2. The van der Waals surface area contributed by atoms with Gasteiger partial charge in [-0.3, -0.25) is 0 Å². The quantitative estimate of drug-likeness (QED) is 0.181. The standard InChI is InChI=1S/C54H32N2O2/c1-2-11-32(12-3-1)37-25-23-35-15-6-9-20-45(35)55-51(37)44-19-10-18-41-40-28-24-36(31-48(40)58-54(41)44)56-46-29-30-47-50(43-27-22-34-14-5-8-17-39(34)53(43)57-47)49(46)42-26-21-33-13-4-7-16-38(33)52(42)56/h1-22,24-31H,23H2. The summed E-state index contributed by atoms with van der Waals surface area (Å²) in [6, 6.07) is 62.6. The van der Waals surface area contributed by atoms with Gasteiger partial charge in [0.05, 0.1) is 22.4 Å². The molecule has 0 N–H and O–H groups in total. The van der Waals surface area contributed by atoms with Gasteiger partial charge in [0.25, 0.3) is 0 Å². The van der Waals surface area contributed by atoms with Gasteiger partial charge in [-0.25, -0.2) is 4.99 Å². The molecule has 0 fully saturated rings. The Morgan fingerprint density at radius 3 is 2.10 bits per heavy atom. The van der Waals surface area contributed by atoms with E-state index in [9.17, 15) is 0 Å². The van der Waals surface area contributed by atoms with Crippen LogP contribution in [-0.4, -0.2) is 10.3 Å². The van der Waals surface area contributed by atoms with Crippen molar-refractivity contribution in [1.82, 2.24) is 4.57 Å². The number of allylic oxidation sites excluding steroid dienone is 2. The summed E-state index contributed by atoms with van der Waals surface area (Å²) in [5, 5.41) is 11.5. The molecular weight excluding hydrogens is 709 g/mol. The molecule has 0 atom stereocenters. The molecule has 0 saturated heterocycles. The summed E-state index contributed by atoms with van der Waals surface area (Å²) < 4.78 is 16.1. The zero-order valence-electron chi connectivity index (χ0n) is 31.2. The fraction of sp³-hybridized carbons (Fsp3) is 0.0185. The molecule has 12 aromatic rings. The van der Waals surface area contributed by atoms with Crippen molar-refractivity contribution in [1.29, 1.82) is 0 Å². The zero-order chi connectivity index (χ0) is 37.9. The smallest absolute Gasteiger partial charge is 0.144 e. The Bertz CT molecular complexity index is 3760. The number of benzene rings is 9. The molecule has 4 nitrogen and oxygen atoms in total. The van der Waals surface area contributed by atoms with E-state index in [1.54, 1.807) is 0 Å². The van der Waals surface area contributed by atoms with Crippen molar-refractivity contribution < 1.29 is 8.83 Å². The molecule has 4 heteroatoms. The maximum absolute atomic E-state index is 7.02. The lowest BCUT2D eigenvalue weighted by Crippen LogP contribution is -2.04. The summed E-state index contributed by atoms with van der Waals surface area (Å²) in [7, 11) is 0. The van der Waals surface area contributed by atoms with Crippen molar-refractivity contribution in [2.24, 2.45) is 4.99 Å². The molecule has 270 valence electrons. The van der Waals surface area contributed by atoms with Crippen LogP contribution in [0.5, 0.6) is 0 Å². The van der Waals surface area contributed by atoms with Crippen LogP contribution in [-0.2, 0) is 6.42 Å². The zero-order valence-corrected chi connectivity index (χ0v) is 31.2. The fourth-order valence-electron chi connectivity index (χ4n) is 9.60. The Morgan fingerprint density at radius 1 is 0.483 bits per heavy atom. The van der Waals surface area contributed by atoms with Crippen LogP contribution in [0.1, 0.15) is 16.7 Å². The van der Waals surface area contributed by atoms with E-state index < -0.39 is 0 Å². The Morgan fingerprint density at radius 2 is 1.21 bits per heavy atom. The molecule has 0 bridgehead atoms. The highest BCUT2D eigenvalue weighted by atomic mass is 16.3. The number of rotatable bonds is 3. The van der Waals surface area contributed by atoms with Crippen LogP contribution in [0.15, 0.2) is 196 Å². The molecule has 3 aromatic heterocycles. The van der Waals surface area contributed by atoms with Gasteiger partial charge in [-0.1, -0.05) is 133 Å². The monoisotopic (exact) mass is 740 g/mol. The highest BCUT2D eigenvalue weighted by Gasteiger charge is 2.24. The van der Waals surface area contributed by atoms with Gasteiger partial charge in [0.1, 0.15) is 22.3 Å². The first kappa shape index (κ1) is 31.5. The van der Waals surface area contributed by atoms with Crippen LogP contribution in [0, 0.1) is 0 Å². The molecule has 0 aliphatic carbocycles. The first-order chi connectivity index (χ1) is 28.8. The number of aromatic nitrogens is 1. The molecule has 9 aromatic carbocycles. The Balaban J connectivity index is 1.08. The van der Waals surface area contributed by atoms with E-state index in [-0.39, 0.29) is 0 Å². The van der Waals surface area contributed by atoms with Crippen LogP contribution in [0.2, 0.25) is 0 Å². The van der Waals surface area contributed by atoms with Crippen LogP contribution in [0.3, 0.4) is 0 Å². The predicted octanol–water partition coefficient (Wildman–Crippen LogP) is 14.6. The number of para-hydroxylation sites is 2. The second kappa shape index (κ2) is 11.9. The molecule has 0 radical (unpaired) electrons. The molecule has 13 rings (SSSR count). The first-order valence-electron chi connectivity index (χ1n) is 19.8. The van der Waals surface area contributed by atoms with Gasteiger partial charge in [0.15, 0.2) is 0 Å². The van der Waals surface area contributed by atoms with Gasteiger partial charge in [-0.15, -0.1) is 0 Å². The minimum atomic E-state index is 0.803. The van der Waals surface area contributed by atoms with Crippen molar-refractivity contribution >= 4 is 104 Å². The second-order valence-electron chi connectivity index (χ2n) is 15.4. The second-order valence-corrected chi connectivity index (χ2v) is 15.4. The number of furan rings is 2. The van der Waals surface area contributed by atoms with Crippen molar-refractivity contribution in [3.63, 3.8) is 0 Å². The van der Waals surface area contributed by atoms with Gasteiger partial charge < -0.3 is 13.4 Å². The number of hydrogen-bond donors (Lipinski definition) is 0. The third kappa shape index (κ3) is 4.43. The Labute approximate surface area is 332 Å². The maximum Gasteiger partial charge on any atom is 0.144 e. The molecule has 0 amide bonds. The average molecular weight is 741 g/mol. The van der Waals surface area contributed by atoms with Crippen LogP contribution in [0.25, 0.3) is 98.5 Å². The highest BCUT2D eigenvalue weighted by molar-refractivity contribution is 6.36. The first-order valence-corrected chi connectivity index (χ1v) is 19.8. The molecule has 0 spiro atoms. The molecule has 1 aliphatic rings. The summed E-state index contributed by atoms with van der Waals surface area (Å²) >= 11 is 0. The lowest BCUT2D eigenvalue weighted by molar-refractivity contribution is 0.668. The lowest BCUT2D eigenvalue weighted by atomic mass is 9.94. The van der Waals surface area contributed by atoms with E-state index in [2.05, 4.69) is 187 Å². The van der Waals surface area contributed by atoms with E-state index >= 15 is 0 Å². The van der Waals surface area contributed by atoms with Crippen LogP contribution in [0.4, 0.5) is 5.69 Å². The van der Waals surface area contributed by atoms with Gasteiger partial charge in [-0.05, 0) is 70.8 Å². The van der Waals surface area contributed by atoms with Gasteiger partial charge in [-0.2, -0.15) is 0 Å². The minimum Gasteiger partial charge on any atom is -0.455 e. The van der Waals surface area contributed by atoms with Gasteiger partial charge >= 0.3 is 0 Å². The summed E-state index contributed by atoms with van der Waals surface area (Å²) in [4.78, 5) is 5.38. The van der Waals surface area contributed by atoms with Gasteiger partial charge in [0.2, 0.25) is 0 Å². The van der Waals surface area contributed by atoms with Crippen LogP contribution < -0.4 is 0 Å². The topological polar surface area (TPSA) is 43.6 Å². The largest absolute Gasteiger partial charge is 0.455 e. The molecule has 1 aliphatic heterocycles. The predicted molar refractivity (Wildman–Crippen MR) is 241 cm³/mol. The lowest BCUT2D eigenvalue weighted by Gasteiger charge is -2.12. The van der Waals surface area contributed by atoms with Gasteiger partial charge in [0, 0.05) is 66.0 Å². The van der Waals surface area contributed by atoms with Crippen molar-refractivity contribution in [3.05, 3.63) is 199 Å². The third-order valence-corrected chi connectivity index (χ3v) is 12.2. The summed E-state index contributed by atoms with van der Waals surface area (Å²) in [5.41, 5.74) is 13.1. The summed E-state index contributed by atoms with van der Waals surface area (Å²) in [6.07, 6.45) is 3.12. The minimum absolute atomic E-state index is 0.803. The summed E-state index contributed by atoms with van der Waals surface area (Å²) in [6.45, 7) is 0. The SMILES string of the molecule is C1=C(c2ccccc2)C(c2cccc3c2oc2cc(-n4c5ccc6oc7c8ccccc8ccc7c6c5c5ccc6ccccc6c54)ccc23)=Nc2ccccc2C1. The number of fused-ring (bicyclic) bond motifs is 15. The molecular formula is C54H32N2O2. The summed E-state index contributed by atoms with van der Waals surface area (Å²) in [5.74, 6) is 0. The van der Waals surface area contributed by atoms with Crippen molar-refractivity contribution in [3.8, 4) is 5.69 Å². The highest BCUT2D eigenvalue weighted by Crippen LogP contribution is 2.45. The molecule has 0 saturated carbocycles. The van der Waals surface area contributed by atoms with Crippen molar-refractivity contribution in [2.75, 3.05) is 0 Å². The molecule has 4 heterocycles. The van der Waals surface area contributed by atoms with E-state index in [4.69, 9.17) is 13.8 Å². The van der Waals surface area contributed by atoms with E-state index in [1.807, 2.05) is 0 Å². The van der Waals surface area contributed by atoms with Crippen molar-refractivity contribution in [2.45, 2.75) is 6.42 Å². The fourth-order valence-corrected chi connectivity index (χ4v) is 9.60. The molecule has 0 unspecified atom stereocenters.